The first-order valence-electron chi connectivity index (χ1n) is 7.99. The molecule has 1 aliphatic heterocycles. The molecule has 2 aromatic carbocycles. The molecule has 134 valence electrons. The summed E-state index contributed by atoms with van der Waals surface area (Å²) in [4.78, 5) is 36.5. The Bertz CT molecular complexity index is 855. The highest BCUT2D eigenvalue weighted by molar-refractivity contribution is 6.07. The second kappa shape index (κ2) is 6.83. The van der Waals surface area contributed by atoms with Gasteiger partial charge in [0, 0.05) is 12.1 Å². The first-order valence-corrected chi connectivity index (χ1v) is 7.99. The van der Waals surface area contributed by atoms with Crippen LogP contribution in [0.1, 0.15) is 12.5 Å². The van der Waals surface area contributed by atoms with Crippen LogP contribution >= 0.6 is 0 Å². The zero-order valence-corrected chi connectivity index (χ0v) is 14.0. The summed E-state index contributed by atoms with van der Waals surface area (Å²) in [5, 5.41) is 13.6. The van der Waals surface area contributed by atoms with E-state index in [-0.39, 0.29) is 18.8 Å². The summed E-state index contributed by atoms with van der Waals surface area (Å²) >= 11 is 0. The van der Waals surface area contributed by atoms with Gasteiger partial charge in [-0.25, -0.2) is 4.79 Å². The van der Waals surface area contributed by atoms with Crippen LogP contribution in [0.3, 0.4) is 0 Å². The number of amides is 3. The minimum absolute atomic E-state index is 0.0735. The summed E-state index contributed by atoms with van der Waals surface area (Å²) in [5.74, 6) is 0.167. The van der Waals surface area contributed by atoms with Crippen molar-refractivity contribution in [3.8, 4) is 5.75 Å². The van der Waals surface area contributed by atoms with Crippen molar-refractivity contribution in [3.63, 3.8) is 0 Å². The lowest BCUT2D eigenvalue weighted by Crippen LogP contribution is -2.41. The molecule has 2 aromatic rings. The monoisotopic (exact) mass is 355 g/mol. The molecular formula is C18H17N3O5. The molecule has 1 N–H and O–H groups in total. The van der Waals surface area contributed by atoms with Crippen LogP contribution in [0.2, 0.25) is 0 Å². The van der Waals surface area contributed by atoms with Crippen LogP contribution < -0.4 is 10.1 Å². The third-order valence-corrected chi connectivity index (χ3v) is 4.24. The van der Waals surface area contributed by atoms with Crippen molar-refractivity contribution < 1.29 is 19.2 Å². The summed E-state index contributed by atoms with van der Waals surface area (Å²) in [5.41, 5.74) is -1.14. The summed E-state index contributed by atoms with van der Waals surface area (Å²) in [6.45, 7) is 1.75. The smallest absolute Gasteiger partial charge is 0.325 e. The third kappa shape index (κ3) is 3.21. The van der Waals surface area contributed by atoms with Crippen LogP contribution in [0.15, 0.2) is 54.6 Å². The number of nitro groups is 1. The molecule has 1 fully saturated rings. The maximum absolute atomic E-state index is 12.8. The third-order valence-electron chi connectivity index (χ3n) is 4.24. The Morgan fingerprint density at radius 2 is 1.88 bits per heavy atom. The molecule has 8 nitrogen and oxygen atoms in total. The lowest BCUT2D eigenvalue weighted by Gasteiger charge is -2.22. The number of nitro benzene ring substituents is 1. The van der Waals surface area contributed by atoms with E-state index in [1.807, 2.05) is 18.2 Å². The fourth-order valence-electron chi connectivity index (χ4n) is 2.80. The van der Waals surface area contributed by atoms with Crippen LogP contribution in [0, 0.1) is 10.1 Å². The van der Waals surface area contributed by atoms with Crippen molar-refractivity contribution in [1.82, 2.24) is 10.2 Å². The van der Waals surface area contributed by atoms with E-state index in [1.54, 1.807) is 18.2 Å². The Kier molecular flexibility index (Phi) is 4.57. The van der Waals surface area contributed by atoms with Crippen molar-refractivity contribution in [2.24, 2.45) is 0 Å². The summed E-state index contributed by atoms with van der Waals surface area (Å²) < 4.78 is 5.53. The Morgan fingerprint density at radius 3 is 2.58 bits per heavy atom. The highest BCUT2D eigenvalue weighted by Gasteiger charge is 2.49. The first-order chi connectivity index (χ1) is 12.4. The van der Waals surface area contributed by atoms with E-state index in [0.29, 0.717) is 11.3 Å². The highest BCUT2D eigenvalue weighted by atomic mass is 16.6. The number of hydrogen-bond acceptors (Lipinski definition) is 5. The minimum Gasteiger partial charge on any atom is -0.492 e. The van der Waals surface area contributed by atoms with E-state index in [0.717, 1.165) is 4.90 Å². The number of carbonyl (C=O) groups is 2. The molecule has 1 aliphatic rings. The predicted molar refractivity (Wildman–Crippen MR) is 92.6 cm³/mol. The van der Waals surface area contributed by atoms with Gasteiger partial charge in [-0.2, -0.15) is 0 Å². The molecule has 0 aromatic heterocycles. The molecule has 26 heavy (non-hydrogen) atoms. The van der Waals surface area contributed by atoms with Gasteiger partial charge >= 0.3 is 6.03 Å². The van der Waals surface area contributed by atoms with Gasteiger partial charge in [0.15, 0.2) is 0 Å². The second-order valence-electron chi connectivity index (χ2n) is 5.98. The van der Waals surface area contributed by atoms with Gasteiger partial charge in [-0.15, -0.1) is 0 Å². The maximum Gasteiger partial charge on any atom is 0.325 e. The average molecular weight is 355 g/mol. The van der Waals surface area contributed by atoms with Gasteiger partial charge in [-0.3, -0.25) is 19.8 Å². The van der Waals surface area contributed by atoms with Crippen LogP contribution in [0.25, 0.3) is 0 Å². The molecule has 3 amide bonds. The molecule has 1 atom stereocenters. The number of benzene rings is 2. The number of hydrogen-bond donors (Lipinski definition) is 1. The van der Waals surface area contributed by atoms with Gasteiger partial charge in [-0.05, 0) is 24.6 Å². The highest BCUT2D eigenvalue weighted by Crippen LogP contribution is 2.30. The Labute approximate surface area is 149 Å². The van der Waals surface area contributed by atoms with E-state index in [9.17, 15) is 19.7 Å². The number of non-ortho nitro benzene ring substituents is 1. The van der Waals surface area contributed by atoms with Crippen molar-refractivity contribution in [1.29, 1.82) is 0 Å². The molecule has 0 radical (unpaired) electrons. The largest absolute Gasteiger partial charge is 0.492 e. The molecule has 0 spiro atoms. The summed E-state index contributed by atoms with van der Waals surface area (Å²) in [7, 11) is 0. The lowest BCUT2D eigenvalue weighted by molar-refractivity contribution is -0.385. The van der Waals surface area contributed by atoms with Crippen LogP contribution in [-0.2, 0) is 10.3 Å². The first kappa shape index (κ1) is 17.4. The number of nitrogens with zero attached hydrogens (tertiary/aromatic N) is 2. The maximum atomic E-state index is 12.8. The second-order valence-corrected chi connectivity index (χ2v) is 5.98. The molecule has 8 heteroatoms. The van der Waals surface area contributed by atoms with Crippen molar-refractivity contribution >= 4 is 17.6 Å². The van der Waals surface area contributed by atoms with E-state index in [4.69, 9.17) is 4.74 Å². The zero-order valence-electron chi connectivity index (χ0n) is 14.0. The van der Waals surface area contributed by atoms with Gasteiger partial charge in [0.2, 0.25) is 0 Å². The zero-order chi connectivity index (χ0) is 18.7. The van der Waals surface area contributed by atoms with E-state index >= 15 is 0 Å². The predicted octanol–water partition coefficient (Wildman–Crippen LogP) is 2.44. The quantitative estimate of drug-likeness (QED) is 0.487. The molecular weight excluding hydrogens is 338 g/mol. The van der Waals surface area contributed by atoms with Crippen LogP contribution in [0.5, 0.6) is 5.75 Å². The molecule has 0 saturated carbocycles. The van der Waals surface area contributed by atoms with Crippen molar-refractivity contribution in [3.05, 3.63) is 70.3 Å². The average Bonchev–Trinajstić information content (AvgIpc) is 2.87. The molecule has 0 bridgehead atoms. The molecule has 1 heterocycles. The van der Waals surface area contributed by atoms with Crippen LogP contribution in [-0.4, -0.2) is 34.9 Å². The number of urea groups is 1. The standard InChI is InChI=1S/C18H17N3O5/c1-18(13-6-5-7-14(12-13)21(24)25)16(22)20(17(23)19-18)10-11-26-15-8-3-2-4-9-15/h2-9,12H,10-11H2,1H3,(H,19,23). The fraction of sp³-hybridized carbons (Fsp3) is 0.222. The van der Waals surface area contributed by atoms with Gasteiger partial charge in [0.1, 0.15) is 17.9 Å². The lowest BCUT2D eigenvalue weighted by atomic mass is 9.91. The van der Waals surface area contributed by atoms with Gasteiger partial charge in [-0.1, -0.05) is 30.3 Å². The van der Waals surface area contributed by atoms with Crippen LogP contribution in [0.4, 0.5) is 10.5 Å². The van der Waals surface area contributed by atoms with E-state index in [1.165, 1.54) is 25.1 Å². The Hall–Kier alpha value is -3.42. The number of ether oxygens (including phenoxy) is 1. The Morgan fingerprint density at radius 1 is 1.15 bits per heavy atom. The van der Waals surface area contributed by atoms with Gasteiger partial charge in [0.25, 0.3) is 11.6 Å². The minimum atomic E-state index is -1.35. The van der Waals surface area contributed by atoms with Crippen molar-refractivity contribution in [2.45, 2.75) is 12.5 Å². The fourth-order valence-corrected chi connectivity index (χ4v) is 2.80. The number of carbonyl (C=O) groups excluding carboxylic acids is 2. The molecule has 3 rings (SSSR count). The topological polar surface area (TPSA) is 102 Å². The normalized spacial score (nSPS) is 19.3. The summed E-state index contributed by atoms with van der Waals surface area (Å²) in [6.07, 6.45) is 0. The van der Waals surface area contributed by atoms with Gasteiger partial charge < -0.3 is 10.1 Å². The SMILES string of the molecule is CC1(c2cccc([N+](=O)[O-])c2)NC(=O)N(CCOc2ccccc2)C1=O. The van der Waals surface area contributed by atoms with E-state index in [2.05, 4.69) is 5.32 Å². The van der Waals surface area contributed by atoms with Gasteiger partial charge in [0.05, 0.1) is 11.5 Å². The molecule has 1 saturated heterocycles. The number of nitrogens with one attached hydrogen (secondary N) is 1. The number of rotatable bonds is 6. The molecule has 1 unspecified atom stereocenters. The Balaban J connectivity index is 1.73. The van der Waals surface area contributed by atoms with E-state index < -0.39 is 22.4 Å². The van der Waals surface area contributed by atoms with Crippen molar-refractivity contribution in [2.75, 3.05) is 13.2 Å². The number of para-hydroxylation sites is 1. The number of imide groups is 1. The molecule has 0 aliphatic carbocycles. The summed E-state index contributed by atoms with van der Waals surface area (Å²) in [6, 6.07) is 14.2.